The van der Waals surface area contributed by atoms with Crippen molar-refractivity contribution in [3.8, 4) is 67.4 Å². The summed E-state index contributed by atoms with van der Waals surface area (Å²) in [6, 6.07) is 79.1. The Bertz CT molecular complexity index is 3880. The predicted molar refractivity (Wildman–Crippen MR) is 270 cm³/mol. The van der Waals surface area contributed by atoms with Gasteiger partial charge in [0.1, 0.15) is 11.2 Å². The molecule has 13 rings (SSSR count). The van der Waals surface area contributed by atoms with Crippen LogP contribution in [0.2, 0.25) is 0 Å². The maximum Gasteiger partial charge on any atom is 0.161 e. The molecule has 13 aromatic rings. The van der Waals surface area contributed by atoms with Crippen LogP contribution in [0.3, 0.4) is 0 Å². The summed E-state index contributed by atoms with van der Waals surface area (Å²) in [5.41, 5.74) is 13.9. The highest BCUT2D eigenvalue weighted by molar-refractivity contribution is 6.27. The third kappa shape index (κ3) is 6.18. The molecule has 0 aliphatic carbocycles. The number of rotatable bonds is 6. The van der Waals surface area contributed by atoms with Gasteiger partial charge in [-0.25, -0.2) is 15.0 Å². The molecule has 3 aromatic heterocycles. The number of benzene rings is 10. The molecule has 0 amide bonds. The number of aromatic nitrogens is 3. The number of fused-ring (bicyclic) bond motifs is 8. The largest absolute Gasteiger partial charge is 0.456 e. The number of para-hydroxylation sites is 2. The van der Waals surface area contributed by atoms with Gasteiger partial charge in [-0.1, -0.05) is 200 Å². The highest BCUT2D eigenvalue weighted by Gasteiger charge is 2.22. The molecule has 0 aliphatic heterocycles. The Kier molecular flexibility index (Phi) is 8.50. The molecule has 4 heteroatoms. The first-order valence-corrected chi connectivity index (χ1v) is 22.0. The van der Waals surface area contributed by atoms with Gasteiger partial charge in [0.2, 0.25) is 0 Å². The molecule has 0 bridgehead atoms. The number of furan rings is 1. The number of hydrogen-bond acceptors (Lipinski definition) is 4. The molecule has 0 fully saturated rings. The Balaban J connectivity index is 1.01. The molecule has 10 aromatic carbocycles. The Hall–Kier alpha value is -8.73. The summed E-state index contributed by atoms with van der Waals surface area (Å²) >= 11 is 0. The lowest BCUT2D eigenvalue weighted by Crippen LogP contribution is -1.97. The van der Waals surface area contributed by atoms with Gasteiger partial charge in [0.25, 0.3) is 0 Å². The van der Waals surface area contributed by atoms with Crippen LogP contribution in [0.4, 0.5) is 0 Å². The molecule has 0 radical (unpaired) electrons. The number of pyridine rings is 1. The van der Waals surface area contributed by atoms with E-state index in [0.29, 0.717) is 5.82 Å². The van der Waals surface area contributed by atoms with Gasteiger partial charge < -0.3 is 4.42 Å². The highest BCUT2D eigenvalue weighted by atomic mass is 16.3. The molecule has 3 heterocycles. The van der Waals surface area contributed by atoms with E-state index in [1.165, 1.54) is 16.5 Å². The Labute approximate surface area is 374 Å². The van der Waals surface area contributed by atoms with Gasteiger partial charge in [0.15, 0.2) is 5.82 Å². The van der Waals surface area contributed by atoms with Crippen LogP contribution in [0.5, 0.6) is 0 Å². The standard InChI is InChI=1S/C61H37N3O/c1-2-14-38(15-3-1)39-28-32-43(33-29-39)57-58-49-22-8-10-26-52(49)62-60(51(58)36-56-59(57)50-23-9-11-27-55(50)65-56)44-34-30-42(31-35-44)53-37-54(47-24-12-18-40-16-4-6-20-45(40)47)64-61(63-53)48-25-13-19-41-17-5-7-21-46(41)48/h1-37H. The zero-order chi connectivity index (χ0) is 42.8. The van der Waals surface area contributed by atoms with Crippen LogP contribution in [0.15, 0.2) is 229 Å². The zero-order valence-corrected chi connectivity index (χ0v) is 35.1. The van der Waals surface area contributed by atoms with E-state index in [9.17, 15) is 0 Å². The molecule has 0 N–H and O–H groups in total. The third-order valence-corrected chi connectivity index (χ3v) is 12.9. The van der Waals surface area contributed by atoms with Crippen molar-refractivity contribution < 1.29 is 4.42 Å². The summed E-state index contributed by atoms with van der Waals surface area (Å²) in [6.45, 7) is 0. The van der Waals surface area contributed by atoms with E-state index in [1.54, 1.807) is 0 Å². The van der Waals surface area contributed by atoms with E-state index in [-0.39, 0.29) is 0 Å². The van der Waals surface area contributed by atoms with Crippen LogP contribution in [0, 0.1) is 0 Å². The summed E-state index contributed by atoms with van der Waals surface area (Å²) < 4.78 is 6.70. The van der Waals surface area contributed by atoms with Gasteiger partial charge >= 0.3 is 0 Å². The molecule has 0 spiro atoms. The van der Waals surface area contributed by atoms with Crippen LogP contribution < -0.4 is 0 Å². The maximum absolute atomic E-state index is 6.70. The smallest absolute Gasteiger partial charge is 0.161 e. The molecular formula is C61H37N3O. The SMILES string of the molecule is c1ccc(-c2ccc(-c3c4c(cc5c(-c6ccc(-c7cc(-c8cccc9ccccc89)nc(-c8cccc9ccccc89)n7)cc6)nc6ccccc6c35)oc3ccccc34)cc2)cc1. The van der Waals surface area contributed by atoms with E-state index >= 15 is 0 Å². The van der Waals surface area contributed by atoms with E-state index in [1.807, 2.05) is 6.07 Å². The summed E-state index contributed by atoms with van der Waals surface area (Å²) in [5.74, 6) is 0.688. The number of nitrogens with zero attached hydrogens (tertiary/aromatic N) is 3. The first-order chi connectivity index (χ1) is 32.2. The normalized spacial score (nSPS) is 11.7. The molecule has 0 saturated carbocycles. The highest BCUT2D eigenvalue weighted by Crippen LogP contribution is 2.47. The Morgan fingerprint density at radius 3 is 1.63 bits per heavy atom. The van der Waals surface area contributed by atoms with E-state index in [2.05, 4.69) is 218 Å². The van der Waals surface area contributed by atoms with Gasteiger partial charge in [0.05, 0.1) is 22.6 Å². The molecule has 302 valence electrons. The van der Waals surface area contributed by atoms with Crippen LogP contribution in [0.25, 0.3) is 133 Å². The lowest BCUT2D eigenvalue weighted by Gasteiger charge is -2.16. The van der Waals surface area contributed by atoms with Gasteiger partial charge in [-0.3, -0.25) is 0 Å². The first kappa shape index (κ1) is 36.9. The van der Waals surface area contributed by atoms with Crippen molar-refractivity contribution >= 4 is 65.2 Å². The summed E-state index contributed by atoms with van der Waals surface area (Å²) in [6.07, 6.45) is 0. The second-order valence-electron chi connectivity index (χ2n) is 16.7. The molecule has 0 atom stereocenters. The monoisotopic (exact) mass is 827 g/mol. The minimum atomic E-state index is 0.688. The van der Waals surface area contributed by atoms with Crippen LogP contribution in [-0.4, -0.2) is 15.0 Å². The molecule has 0 aliphatic rings. The van der Waals surface area contributed by atoms with Crippen molar-refractivity contribution in [1.29, 1.82) is 0 Å². The topological polar surface area (TPSA) is 51.8 Å². The molecule has 65 heavy (non-hydrogen) atoms. The Morgan fingerprint density at radius 2 is 0.862 bits per heavy atom. The quantitative estimate of drug-likeness (QED) is 0.157. The average molecular weight is 828 g/mol. The predicted octanol–water partition coefficient (Wildman–Crippen LogP) is 16.4. The molecule has 0 saturated heterocycles. The van der Waals surface area contributed by atoms with Gasteiger partial charge in [-0.15, -0.1) is 0 Å². The fraction of sp³-hybridized carbons (Fsp3) is 0. The van der Waals surface area contributed by atoms with Crippen molar-refractivity contribution in [2.24, 2.45) is 0 Å². The second kappa shape index (κ2) is 15.0. The van der Waals surface area contributed by atoms with Gasteiger partial charge in [-0.2, -0.15) is 0 Å². The van der Waals surface area contributed by atoms with Gasteiger partial charge in [0, 0.05) is 54.7 Å². The van der Waals surface area contributed by atoms with Crippen molar-refractivity contribution in [3.63, 3.8) is 0 Å². The van der Waals surface area contributed by atoms with Crippen molar-refractivity contribution in [2.75, 3.05) is 0 Å². The summed E-state index contributed by atoms with van der Waals surface area (Å²) in [5, 5.41) is 10.1. The van der Waals surface area contributed by atoms with Crippen molar-refractivity contribution in [1.82, 2.24) is 15.0 Å². The van der Waals surface area contributed by atoms with Crippen LogP contribution in [-0.2, 0) is 0 Å². The van der Waals surface area contributed by atoms with E-state index in [4.69, 9.17) is 19.4 Å². The minimum Gasteiger partial charge on any atom is -0.456 e. The molecule has 4 nitrogen and oxygen atoms in total. The second-order valence-corrected chi connectivity index (χ2v) is 16.7. The molecule has 0 unspecified atom stereocenters. The Morgan fingerprint density at radius 1 is 0.308 bits per heavy atom. The lowest BCUT2D eigenvalue weighted by atomic mass is 9.89. The van der Waals surface area contributed by atoms with Gasteiger partial charge in [-0.05, 0) is 62.5 Å². The van der Waals surface area contributed by atoms with Crippen molar-refractivity contribution in [2.45, 2.75) is 0 Å². The summed E-state index contributed by atoms with van der Waals surface area (Å²) in [4.78, 5) is 16.0. The fourth-order valence-corrected chi connectivity index (χ4v) is 9.81. The maximum atomic E-state index is 6.70. The van der Waals surface area contributed by atoms with E-state index in [0.717, 1.165) is 110 Å². The van der Waals surface area contributed by atoms with Crippen molar-refractivity contribution in [3.05, 3.63) is 224 Å². The fourth-order valence-electron chi connectivity index (χ4n) is 9.81. The summed E-state index contributed by atoms with van der Waals surface area (Å²) in [7, 11) is 0. The first-order valence-electron chi connectivity index (χ1n) is 22.0. The average Bonchev–Trinajstić information content (AvgIpc) is 3.76. The zero-order valence-electron chi connectivity index (χ0n) is 35.1. The van der Waals surface area contributed by atoms with Crippen LogP contribution >= 0.6 is 0 Å². The lowest BCUT2D eigenvalue weighted by molar-refractivity contribution is 0.669. The van der Waals surface area contributed by atoms with Crippen LogP contribution in [0.1, 0.15) is 0 Å². The number of hydrogen-bond donors (Lipinski definition) is 0. The minimum absolute atomic E-state index is 0.688. The third-order valence-electron chi connectivity index (χ3n) is 12.9. The van der Waals surface area contributed by atoms with E-state index < -0.39 is 0 Å². The molecular weight excluding hydrogens is 791 g/mol.